The summed E-state index contributed by atoms with van der Waals surface area (Å²) in [6.07, 6.45) is 5.02. The molecule has 0 aromatic heterocycles. The van der Waals surface area contributed by atoms with Gasteiger partial charge in [-0.25, -0.2) is 0 Å². The van der Waals surface area contributed by atoms with E-state index in [2.05, 4.69) is 56.3 Å². The van der Waals surface area contributed by atoms with Crippen LogP contribution in [0.1, 0.15) is 37.3 Å². The van der Waals surface area contributed by atoms with E-state index in [4.69, 9.17) is 0 Å². The van der Waals surface area contributed by atoms with Crippen molar-refractivity contribution >= 4 is 0 Å². The van der Waals surface area contributed by atoms with Crippen molar-refractivity contribution in [2.45, 2.75) is 39.5 Å². The Morgan fingerprint density at radius 3 is 2.00 bits per heavy atom. The second kappa shape index (κ2) is 8.02. The van der Waals surface area contributed by atoms with Crippen LogP contribution in [0.15, 0.2) is 66.7 Å². The third-order valence-electron chi connectivity index (χ3n) is 4.76. The van der Waals surface area contributed by atoms with E-state index < -0.39 is 0 Å². The average Bonchev–Trinajstić information content (AvgIpc) is 2.63. The molecule has 3 rings (SSSR count). The first kappa shape index (κ1) is 17.3. The van der Waals surface area contributed by atoms with E-state index >= 15 is 0 Å². The maximum absolute atomic E-state index is 9.46. The molecule has 0 aliphatic carbocycles. The van der Waals surface area contributed by atoms with Crippen molar-refractivity contribution in [3.05, 3.63) is 77.9 Å². The van der Waals surface area contributed by atoms with Crippen LogP contribution >= 0.6 is 0 Å². The van der Waals surface area contributed by atoms with Gasteiger partial charge in [0.15, 0.2) is 0 Å². The van der Waals surface area contributed by atoms with Crippen LogP contribution in [0.4, 0.5) is 0 Å². The molecule has 3 aromatic carbocycles. The van der Waals surface area contributed by atoms with Crippen LogP contribution in [0.25, 0.3) is 22.3 Å². The number of phenols is 1. The quantitative estimate of drug-likeness (QED) is 0.495. The minimum absolute atomic E-state index is 0.303. The largest absolute Gasteiger partial charge is 0.508 e. The van der Waals surface area contributed by atoms with Gasteiger partial charge in [0.2, 0.25) is 0 Å². The minimum atomic E-state index is 0.303. The summed E-state index contributed by atoms with van der Waals surface area (Å²) >= 11 is 0. The third kappa shape index (κ3) is 4.30. The molecule has 0 amide bonds. The zero-order valence-corrected chi connectivity index (χ0v) is 15.1. The van der Waals surface area contributed by atoms with Crippen molar-refractivity contribution in [3.63, 3.8) is 0 Å². The number of unbranched alkanes of at least 4 members (excludes halogenated alkanes) is 2. The molecule has 0 aliphatic heterocycles. The molecule has 0 saturated heterocycles. The molecule has 0 radical (unpaired) electrons. The predicted molar refractivity (Wildman–Crippen MR) is 107 cm³/mol. The summed E-state index contributed by atoms with van der Waals surface area (Å²) in [5, 5.41) is 9.46. The van der Waals surface area contributed by atoms with E-state index in [1.165, 1.54) is 53.5 Å². The number of hydrogen-bond acceptors (Lipinski definition) is 1. The van der Waals surface area contributed by atoms with E-state index in [1.54, 1.807) is 12.1 Å². The monoisotopic (exact) mass is 330 g/mol. The fourth-order valence-electron chi connectivity index (χ4n) is 3.25. The lowest BCUT2D eigenvalue weighted by Gasteiger charge is -2.10. The molecule has 0 spiro atoms. The topological polar surface area (TPSA) is 20.2 Å². The van der Waals surface area contributed by atoms with Gasteiger partial charge in [0.1, 0.15) is 5.75 Å². The lowest BCUT2D eigenvalue weighted by Crippen LogP contribution is -1.88. The fraction of sp³-hybridized carbons (Fsp3) is 0.250. The first-order valence-corrected chi connectivity index (χ1v) is 9.17. The highest BCUT2D eigenvalue weighted by Gasteiger charge is 2.05. The second-order valence-corrected chi connectivity index (χ2v) is 6.73. The third-order valence-corrected chi connectivity index (χ3v) is 4.76. The van der Waals surface area contributed by atoms with Crippen LogP contribution < -0.4 is 0 Å². The Morgan fingerprint density at radius 2 is 1.36 bits per heavy atom. The lowest BCUT2D eigenvalue weighted by atomic mass is 9.95. The number of aryl methyl sites for hydroxylation is 2. The van der Waals surface area contributed by atoms with Crippen LogP contribution in [0, 0.1) is 6.92 Å². The van der Waals surface area contributed by atoms with Crippen molar-refractivity contribution < 1.29 is 5.11 Å². The summed E-state index contributed by atoms with van der Waals surface area (Å²) in [6.45, 7) is 4.39. The molecular formula is C24H26O. The zero-order valence-electron chi connectivity index (χ0n) is 15.1. The Hall–Kier alpha value is -2.54. The van der Waals surface area contributed by atoms with Crippen molar-refractivity contribution in [1.29, 1.82) is 0 Å². The van der Waals surface area contributed by atoms with Gasteiger partial charge in [0.05, 0.1) is 0 Å². The summed E-state index contributed by atoms with van der Waals surface area (Å²) < 4.78 is 0. The Labute approximate surface area is 151 Å². The fourth-order valence-corrected chi connectivity index (χ4v) is 3.25. The predicted octanol–water partition coefficient (Wildman–Crippen LogP) is 6.77. The molecule has 25 heavy (non-hydrogen) atoms. The Balaban J connectivity index is 1.79. The Kier molecular flexibility index (Phi) is 5.55. The minimum Gasteiger partial charge on any atom is -0.508 e. The van der Waals surface area contributed by atoms with Crippen LogP contribution in [0.2, 0.25) is 0 Å². The van der Waals surface area contributed by atoms with Gasteiger partial charge in [-0.2, -0.15) is 0 Å². The average molecular weight is 330 g/mol. The standard InChI is InChI=1S/C24H26O/c1-3-4-5-6-19-7-9-20(10-8-19)22-13-16-24(18(2)17-22)21-11-14-23(25)15-12-21/h7-17,25H,3-6H2,1-2H3. The molecule has 1 N–H and O–H groups in total. The van der Waals surface area contributed by atoms with Crippen molar-refractivity contribution in [2.24, 2.45) is 0 Å². The SMILES string of the molecule is CCCCCc1ccc(-c2ccc(-c3ccc(O)cc3)c(C)c2)cc1. The highest BCUT2D eigenvalue weighted by atomic mass is 16.3. The van der Waals surface area contributed by atoms with E-state index in [9.17, 15) is 5.11 Å². The lowest BCUT2D eigenvalue weighted by molar-refractivity contribution is 0.475. The number of hydrogen-bond donors (Lipinski definition) is 1. The summed E-state index contributed by atoms with van der Waals surface area (Å²) in [7, 11) is 0. The maximum Gasteiger partial charge on any atom is 0.115 e. The highest BCUT2D eigenvalue weighted by Crippen LogP contribution is 2.29. The Morgan fingerprint density at radius 1 is 0.720 bits per heavy atom. The van der Waals surface area contributed by atoms with Crippen molar-refractivity contribution in [1.82, 2.24) is 0 Å². The van der Waals surface area contributed by atoms with E-state index in [0.29, 0.717) is 5.75 Å². The summed E-state index contributed by atoms with van der Waals surface area (Å²) in [5.41, 5.74) is 7.53. The zero-order chi connectivity index (χ0) is 17.6. The Bertz CT molecular complexity index is 814. The normalized spacial score (nSPS) is 10.8. The molecular weight excluding hydrogens is 304 g/mol. The molecule has 3 aromatic rings. The van der Waals surface area contributed by atoms with Gasteiger partial charge < -0.3 is 5.11 Å². The molecule has 1 nitrogen and oxygen atoms in total. The number of benzene rings is 3. The van der Waals surface area contributed by atoms with E-state index in [-0.39, 0.29) is 0 Å². The second-order valence-electron chi connectivity index (χ2n) is 6.73. The van der Waals surface area contributed by atoms with Gasteiger partial charge in [-0.3, -0.25) is 0 Å². The molecule has 0 atom stereocenters. The summed E-state index contributed by atoms with van der Waals surface area (Å²) in [4.78, 5) is 0. The molecule has 0 saturated carbocycles. The van der Waals surface area contributed by atoms with Gasteiger partial charge in [0, 0.05) is 0 Å². The van der Waals surface area contributed by atoms with Crippen molar-refractivity contribution in [3.8, 4) is 28.0 Å². The smallest absolute Gasteiger partial charge is 0.115 e. The molecule has 1 heteroatoms. The van der Waals surface area contributed by atoms with Crippen LogP contribution in [-0.4, -0.2) is 5.11 Å². The number of phenolic OH excluding ortho intramolecular Hbond substituents is 1. The number of aromatic hydroxyl groups is 1. The molecule has 0 heterocycles. The molecule has 0 unspecified atom stereocenters. The highest BCUT2D eigenvalue weighted by molar-refractivity contribution is 5.73. The van der Waals surface area contributed by atoms with Gasteiger partial charge in [-0.15, -0.1) is 0 Å². The molecule has 0 bridgehead atoms. The van der Waals surface area contributed by atoms with Crippen LogP contribution in [0.5, 0.6) is 5.75 Å². The van der Waals surface area contributed by atoms with E-state index in [0.717, 1.165) is 5.56 Å². The van der Waals surface area contributed by atoms with Crippen molar-refractivity contribution in [2.75, 3.05) is 0 Å². The first-order valence-electron chi connectivity index (χ1n) is 9.17. The molecule has 0 aliphatic rings. The molecule has 128 valence electrons. The van der Waals surface area contributed by atoms with Gasteiger partial charge in [0.25, 0.3) is 0 Å². The van der Waals surface area contributed by atoms with Gasteiger partial charge in [-0.1, -0.05) is 74.4 Å². The van der Waals surface area contributed by atoms with Crippen LogP contribution in [-0.2, 0) is 6.42 Å². The maximum atomic E-state index is 9.46. The van der Waals surface area contributed by atoms with Crippen LogP contribution in [0.3, 0.4) is 0 Å². The molecule has 0 fully saturated rings. The van der Waals surface area contributed by atoms with Gasteiger partial charge >= 0.3 is 0 Å². The summed E-state index contributed by atoms with van der Waals surface area (Å²) in [6, 6.07) is 23.0. The first-order chi connectivity index (χ1) is 12.2. The van der Waals surface area contributed by atoms with Gasteiger partial charge in [-0.05, 0) is 65.3 Å². The summed E-state index contributed by atoms with van der Waals surface area (Å²) in [5.74, 6) is 0.303. The van der Waals surface area contributed by atoms with E-state index in [1.807, 2.05) is 12.1 Å². The number of rotatable bonds is 6.